The van der Waals surface area contributed by atoms with Gasteiger partial charge in [0.15, 0.2) is 11.5 Å². The normalized spacial score (nSPS) is 11.0. The molecule has 0 atom stereocenters. The van der Waals surface area contributed by atoms with Crippen molar-refractivity contribution in [2.75, 3.05) is 12.4 Å². The van der Waals surface area contributed by atoms with E-state index in [9.17, 15) is 4.79 Å². The Hall–Kier alpha value is -2.46. The zero-order valence-electron chi connectivity index (χ0n) is 14.8. The maximum atomic E-state index is 12.1. The fourth-order valence-corrected chi connectivity index (χ4v) is 2.39. The summed E-state index contributed by atoms with van der Waals surface area (Å²) in [4.78, 5) is 12.1. The van der Waals surface area contributed by atoms with Crippen molar-refractivity contribution in [2.24, 2.45) is 0 Å². The third kappa shape index (κ3) is 5.54. The van der Waals surface area contributed by atoms with Crippen LogP contribution in [0.4, 0.5) is 5.69 Å². The number of hydrogen-bond acceptors (Lipinski definition) is 3. The minimum Gasteiger partial charge on any atom is -0.493 e. The summed E-state index contributed by atoms with van der Waals surface area (Å²) in [5.41, 5.74) is 2.48. The first-order chi connectivity index (χ1) is 11.9. The van der Waals surface area contributed by atoms with E-state index < -0.39 is 0 Å². The van der Waals surface area contributed by atoms with E-state index in [4.69, 9.17) is 21.1 Å². The molecule has 0 fully saturated rings. The predicted molar refractivity (Wildman–Crippen MR) is 103 cm³/mol. The second-order valence-corrected chi connectivity index (χ2v) is 6.30. The Morgan fingerprint density at radius 2 is 1.92 bits per heavy atom. The first-order valence-corrected chi connectivity index (χ1v) is 8.36. The summed E-state index contributed by atoms with van der Waals surface area (Å²) in [7, 11) is 1.59. The minimum atomic E-state index is -0.230. The highest BCUT2D eigenvalue weighted by Crippen LogP contribution is 2.29. The van der Waals surface area contributed by atoms with E-state index in [0.717, 1.165) is 11.1 Å². The average molecular weight is 360 g/mol. The van der Waals surface area contributed by atoms with Crippen LogP contribution in [-0.4, -0.2) is 19.1 Å². The lowest BCUT2D eigenvalue weighted by atomic mass is 10.1. The Bertz CT molecular complexity index is 785. The minimum absolute atomic E-state index is 0.0574. The molecule has 2 aromatic carbocycles. The Balaban J connectivity index is 2.10. The third-order valence-electron chi connectivity index (χ3n) is 3.43. The summed E-state index contributed by atoms with van der Waals surface area (Å²) in [6.07, 6.45) is 3.25. The number of carbonyl (C=O) groups is 1. The van der Waals surface area contributed by atoms with Gasteiger partial charge < -0.3 is 14.8 Å². The van der Waals surface area contributed by atoms with Crippen molar-refractivity contribution < 1.29 is 14.3 Å². The van der Waals surface area contributed by atoms with Crippen LogP contribution in [0.1, 0.15) is 25.0 Å². The van der Waals surface area contributed by atoms with Gasteiger partial charge in [-0.3, -0.25) is 4.79 Å². The van der Waals surface area contributed by atoms with Gasteiger partial charge in [0, 0.05) is 16.8 Å². The molecule has 132 valence electrons. The van der Waals surface area contributed by atoms with E-state index in [2.05, 4.69) is 5.32 Å². The van der Waals surface area contributed by atoms with E-state index in [0.29, 0.717) is 22.2 Å². The van der Waals surface area contributed by atoms with Crippen molar-refractivity contribution in [3.63, 3.8) is 0 Å². The monoisotopic (exact) mass is 359 g/mol. The second kappa shape index (κ2) is 8.58. The molecule has 0 aliphatic carbocycles. The molecule has 1 amide bonds. The third-order valence-corrected chi connectivity index (χ3v) is 3.67. The van der Waals surface area contributed by atoms with Gasteiger partial charge in [-0.25, -0.2) is 0 Å². The molecule has 1 N–H and O–H groups in total. The number of methoxy groups -OCH3 is 1. The molecule has 4 nitrogen and oxygen atoms in total. The van der Waals surface area contributed by atoms with Crippen LogP contribution in [0.2, 0.25) is 5.02 Å². The molecular formula is C20H22ClNO3. The van der Waals surface area contributed by atoms with Gasteiger partial charge in [-0.2, -0.15) is 0 Å². The van der Waals surface area contributed by atoms with E-state index in [1.165, 1.54) is 6.08 Å². The van der Waals surface area contributed by atoms with Crippen molar-refractivity contribution in [3.05, 3.63) is 58.6 Å². The van der Waals surface area contributed by atoms with E-state index in [1.807, 2.05) is 45.0 Å². The molecule has 0 radical (unpaired) electrons. The number of nitrogens with one attached hydrogen (secondary N) is 1. The Labute approximate surface area is 153 Å². The zero-order chi connectivity index (χ0) is 18.4. The maximum Gasteiger partial charge on any atom is 0.248 e. The van der Waals surface area contributed by atoms with Crippen LogP contribution in [0.15, 0.2) is 42.5 Å². The largest absolute Gasteiger partial charge is 0.493 e. The second-order valence-electron chi connectivity index (χ2n) is 5.86. The molecular weight excluding hydrogens is 338 g/mol. The fraction of sp³-hybridized carbons (Fsp3) is 0.250. The Morgan fingerprint density at radius 3 is 2.60 bits per heavy atom. The SMILES string of the molecule is COc1cc(C=CC(=O)Nc2cc(Cl)ccc2C)ccc1OC(C)C. The molecule has 5 heteroatoms. The van der Waals surface area contributed by atoms with Gasteiger partial charge in [0.05, 0.1) is 13.2 Å². The number of anilines is 1. The molecule has 0 unspecified atom stereocenters. The van der Waals surface area contributed by atoms with Gasteiger partial charge in [0.1, 0.15) is 0 Å². The topological polar surface area (TPSA) is 47.6 Å². The van der Waals surface area contributed by atoms with Crippen molar-refractivity contribution in [3.8, 4) is 11.5 Å². The van der Waals surface area contributed by atoms with Gasteiger partial charge in [-0.05, 0) is 62.2 Å². The van der Waals surface area contributed by atoms with Crippen molar-refractivity contribution in [1.82, 2.24) is 0 Å². The van der Waals surface area contributed by atoms with Crippen LogP contribution in [0.5, 0.6) is 11.5 Å². The molecule has 0 saturated carbocycles. The lowest BCUT2D eigenvalue weighted by Gasteiger charge is -2.13. The Morgan fingerprint density at radius 1 is 1.16 bits per heavy atom. The van der Waals surface area contributed by atoms with Crippen LogP contribution in [0, 0.1) is 6.92 Å². The number of amides is 1. The highest BCUT2D eigenvalue weighted by atomic mass is 35.5. The number of benzene rings is 2. The van der Waals surface area contributed by atoms with E-state index >= 15 is 0 Å². The van der Waals surface area contributed by atoms with Gasteiger partial charge in [-0.1, -0.05) is 23.7 Å². The fourth-order valence-electron chi connectivity index (χ4n) is 2.21. The van der Waals surface area contributed by atoms with Crippen LogP contribution in [0.25, 0.3) is 6.08 Å². The van der Waals surface area contributed by atoms with Crippen LogP contribution in [-0.2, 0) is 4.79 Å². The number of ether oxygens (including phenoxy) is 2. The summed E-state index contributed by atoms with van der Waals surface area (Å²) in [5, 5.41) is 3.40. The summed E-state index contributed by atoms with van der Waals surface area (Å²) in [6.45, 7) is 5.82. The molecule has 0 aliphatic rings. The molecule has 2 aromatic rings. The molecule has 0 heterocycles. The van der Waals surface area contributed by atoms with E-state index in [1.54, 1.807) is 25.3 Å². The predicted octanol–water partition coefficient (Wildman–Crippen LogP) is 5.10. The van der Waals surface area contributed by atoms with Crippen LogP contribution in [0.3, 0.4) is 0 Å². The molecule has 0 spiro atoms. The van der Waals surface area contributed by atoms with Crippen LogP contribution < -0.4 is 14.8 Å². The number of halogens is 1. The highest BCUT2D eigenvalue weighted by molar-refractivity contribution is 6.31. The number of rotatable bonds is 6. The molecule has 25 heavy (non-hydrogen) atoms. The number of hydrogen-bond donors (Lipinski definition) is 1. The van der Waals surface area contributed by atoms with Crippen molar-refractivity contribution in [1.29, 1.82) is 0 Å². The molecule has 2 rings (SSSR count). The molecule has 0 saturated heterocycles. The number of aryl methyl sites for hydroxylation is 1. The molecule has 0 aliphatic heterocycles. The smallest absolute Gasteiger partial charge is 0.248 e. The van der Waals surface area contributed by atoms with Crippen molar-refractivity contribution in [2.45, 2.75) is 26.9 Å². The van der Waals surface area contributed by atoms with E-state index in [-0.39, 0.29) is 12.0 Å². The van der Waals surface area contributed by atoms with Gasteiger partial charge in [0.2, 0.25) is 5.91 Å². The lowest BCUT2D eigenvalue weighted by molar-refractivity contribution is -0.111. The molecule has 0 aromatic heterocycles. The highest BCUT2D eigenvalue weighted by Gasteiger charge is 2.07. The first-order valence-electron chi connectivity index (χ1n) is 7.99. The summed E-state index contributed by atoms with van der Waals surface area (Å²) >= 11 is 5.96. The molecule has 0 bridgehead atoms. The standard InChI is InChI=1S/C20H22ClNO3/c1-13(2)25-18-9-6-15(11-19(18)24-4)7-10-20(23)22-17-12-16(21)8-5-14(17)3/h5-13H,1-4H3,(H,22,23). The quantitative estimate of drug-likeness (QED) is 0.730. The average Bonchev–Trinajstić information content (AvgIpc) is 2.56. The van der Waals surface area contributed by atoms with Gasteiger partial charge >= 0.3 is 0 Å². The van der Waals surface area contributed by atoms with Gasteiger partial charge in [-0.15, -0.1) is 0 Å². The zero-order valence-corrected chi connectivity index (χ0v) is 15.6. The Kier molecular flexibility index (Phi) is 6.48. The summed E-state index contributed by atoms with van der Waals surface area (Å²) in [6, 6.07) is 10.9. The number of carbonyl (C=O) groups excluding carboxylic acids is 1. The summed E-state index contributed by atoms with van der Waals surface area (Å²) < 4.78 is 11.0. The van der Waals surface area contributed by atoms with Crippen LogP contribution >= 0.6 is 11.6 Å². The maximum absolute atomic E-state index is 12.1. The first kappa shape index (κ1) is 18.9. The lowest BCUT2D eigenvalue weighted by Crippen LogP contribution is -2.09. The van der Waals surface area contributed by atoms with Gasteiger partial charge in [0.25, 0.3) is 0 Å². The van der Waals surface area contributed by atoms with Crippen molar-refractivity contribution >= 4 is 29.3 Å². The summed E-state index contributed by atoms with van der Waals surface area (Å²) in [5.74, 6) is 1.07.